The molecule has 25 heavy (non-hydrogen) atoms. The van der Waals surface area contributed by atoms with E-state index >= 15 is 0 Å². The van der Waals surface area contributed by atoms with Gasteiger partial charge in [-0.15, -0.1) is 12.4 Å². The van der Waals surface area contributed by atoms with E-state index in [4.69, 9.17) is 0 Å². The molecule has 138 valence electrons. The second-order valence-corrected chi connectivity index (χ2v) is 7.08. The predicted octanol–water partition coefficient (Wildman–Crippen LogP) is 2.98. The number of carbonyl (C=O) groups is 2. The number of hydrogen-bond donors (Lipinski definition) is 2. The van der Waals surface area contributed by atoms with Crippen LogP contribution in [0.1, 0.15) is 38.7 Å². The normalized spacial score (nSPS) is 18.2. The quantitative estimate of drug-likeness (QED) is 0.862. The number of rotatable bonds is 4. The molecule has 5 nitrogen and oxygen atoms in total. The molecular formula is C19H28ClN3O2. The Morgan fingerprint density at radius 1 is 1.32 bits per heavy atom. The Balaban J connectivity index is 0.00000225. The smallest absolute Gasteiger partial charge is 0.224 e. The van der Waals surface area contributed by atoms with Gasteiger partial charge in [0.2, 0.25) is 11.8 Å². The van der Waals surface area contributed by atoms with E-state index in [2.05, 4.69) is 17.6 Å². The average molecular weight is 366 g/mol. The molecule has 2 N–H and O–H groups in total. The van der Waals surface area contributed by atoms with Gasteiger partial charge in [0.15, 0.2) is 0 Å². The lowest BCUT2D eigenvalue weighted by Gasteiger charge is -2.27. The summed E-state index contributed by atoms with van der Waals surface area (Å²) in [6.45, 7) is 6.63. The third kappa shape index (κ3) is 4.73. The summed E-state index contributed by atoms with van der Waals surface area (Å²) >= 11 is 0. The molecule has 1 aromatic rings. The Hall–Kier alpha value is -1.59. The van der Waals surface area contributed by atoms with Crippen molar-refractivity contribution in [3.8, 4) is 0 Å². The van der Waals surface area contributed by atoms with Gasteiger partial charge in [-0.1, -0.05) is 6.92 Å². The number of fused-ring (bicyclic) bond motifs is 1. The number of halogens is 1. The molecule has 2 aliphatic rings. The highest BCUT2D eigenvalue weighted by atomic mass is 35.5. The van der Waals surface area contributed by atoms with Crippen LogP contribution in [0, 0.1) is 11.8 Å². The highest BCUT2D eigenvalue weighted by Gasteiger charge is 2.24. The van der Waals surface area contributed by atoms with E-state index in [0.717, 1.165) is 55.8 Å². The highest BCUT2D eigenvalue weighted by molar-refractivity contribution is 5.95. The van der Waals surface area contributed by atoms with Crippen molar-refractivity contribution in [2.45, 2.75) is 39.5 Å². The van der Waals surface area contributed by atoms with Crippen LogP contribution in [0.4, 0.5) is 11.4 Å². The maximum atomic E-state index is 12.3. The minimum absolute atomic E-state index is 0. The van der Waals surface area contributed by atoms with Crippen LogP contribution in [0.25, 0.3) is 0 Å². The second kappa shape index (κ2) is 8.68. The largest absolute Gasteiger partial charge is 0.326 e. The first-order valence-electron chi connectivity index (χ1n) is 8.96. The summed E-state index contributed by atoms with van der Waals surface area (Å²) in [6.07, 6.45) is 3.74. The lowest BCUT2D eigenvalue weighted by atomic mass is 9.84. The molecule has 0 aromatic heterocycles. The van der Waals surface area contributed by atoms with Gasteiger partial charge in [0.05, 0.1) is 0 Å². The predicted molar refractivity (Wildman–Crippen MR) is 103 cm³/mol. The summed E-state index contributed by atoms with van der Waals surface area (Å²) in [5.41, 5.74) is 2.94. The molecule has 1 saturated heterocycles. The van der Waals surface area contributed by atoms with Gasteiger partial charge < -0.3 is 15.5 Å². The second-order valence-electron chi connectivity index (χ2n) is 7.08. The SMILES string of the molecule is CC(=O)N1CCc2cc(NC(=O)CC(C)C3CCNCC3)ccc21.Cl. The topological polar surface area (TPSA) is 61.4 Å². The first kappa shape index (κ1) is 19.7. The van der Waals surface area contributed by atoms with Crippen molar-refractivity contribution >= 4 is 35.6 Å². The van der Waals surface area contributed by atoms with Crippen LogP contribution >= 0.6 is 12.4 Å². The van der Waals surface area contributed by atoms with Crippen molar-refractivity contribution in [3.63, 3.8) is 0 Å². The van der Waals surface area contributed by atoms with Crippen LogP contribution < -0.4 is 15.5 Å². The number of hydrogen-bond acceptors (Lipinski definition) is 3. The molecule has 0 saturated carbocycles. The third-order valence-corrected chi connectivity index (χ3v) is 5.33. The minimum atomic E-state index is 0. The molecule has 1 atom stereocenters. The number of nitrogens with zero attached hydrogens (tertiary/aromatic N) is 1. The number of carbonyl (C=O) groups excluding carboxylic acids is 2. The van der Waals surface area contributed by atoms with Crippen LogP contribution in [0.5, 0.6) is 0 Å². The van der Waals surface area contributed by atoms with Crippen LogP contribution in [0.2, 0.25) is 0 Å². The molecule has 6 heteroatoms. The Morgan fingerprint density at radius 2 is 2.04 bits per heavy atom. The van der Waals surface area contributed by atoms with Crippen molar-refractivity contribution in [3.05, 3.63) is 23.8 Å². The van der Waals surface area contributed by atoms with Crippen molar-refractivity contribution in [1.82, 2.24) is 5.32 Å². The van der Waals surface area contributed by atoms with E-state index in [-0.39, 0.29) is 24.2 Å². The monoisotopic (exact) mass is 365 g/mol. The van der Waals surface area contributed by atoms with Gasteiger partial charge >= 0.3 is 0 Å². The Morgan fingerprint density at radius 3 is 2.72 bits per heavy atom. The van der Waals surface area contributed by atoms with Crippen molar-refractivity contribution in [2.75, 3.05) is 29.9 Å². The average Bonchev–Trinajstić information content (AvgIpc) is 2.99. The summed E-state index contributed by atoms with van der Waals surface area (Å²) in [7, 11) is 0. The van der Waals surface area contributed by atoms with Crippen LogP contribution in [-0.4, -0.2) is 31.4 Å². The zero-order chi connectivity index (χ0) is 17.1. The summed E-state index contributed by atoms with van der Waals surface area (Å²) in [5.74, 6) is 1.21. The zero-order valence-corrected chi connectivity index (χ0v) is 15.8. The van der Waals surface area contributed by atoms with Gasteiger partial charge in [0.25, 0.3) is 0 Å². The van der Waals surface area contributed by atoms with Crippen molar-refractivity contribution < 1.29 is 9.59 Å². The van der Waals surface area contributed by atoms with E-state index in [0.29, 0.717) is 18.3 Å². The van der Waals surface area contributed by atoms with Gasteiger partial charge in [-0.2, -0.15) is 0 Å². The van der Waals surface area contributed by atoms with Crippen LogP contribution in [0.15, 0.2) is 18.2 Å². The fourth-order valence-electron chi connectivity index (χ4n) is 3.89. The number of nitrogens with one attached hydrogen (secondary N) is 2. The molecular weight excluding hydrogens is 338 g/mol. The standard InChI is InChI=1S/C19H27N3O2.ClH/c1-13(15-5-8-20-9-6-15)11-19(24)21-17-3-4-18-16(12-17)7-10-22(18)14(2)23;/h3-4,12-13,15,20H,5-11H2,1-2H3,(H,21,24);1H. The van der Waals surface area contributed by atoms with Crippen LogP contribution in [0.3, 0.4) is 0 Å². The Labute approximate surface area is 155 Å². The van der Waals surface area contributed by atoms with E-state index in [9.17, 15) is 9.59 Å². The molecule has 1 aromatic carbocycles. The van der Waals surface area contributed by atoms with E-state index in [1.807, 2.05) is 18.2 Å². The van der Waals surface area contributed by atoms with Gasteiger partial charge in [-0.05, 0) is 68.0 Å². The van der Waals surface area contributed by atoms with Gasteiger partial charge in [0, 0.05) is 31.3 Å². The fourth-order valence-corrected chi connectivity index (χ4v) is 3.89. The van der Waals surface area contributed by atoms with Crippen molar-refractivity contribution in [1.29, 1.82) is 0 Å². The third-order valence-electron chi connectivity index (χ3n) is 5.33. The molecule has 3 rings (SSSR count). The molecule has 0 aliphatic carbocycles. The maximum Gasteiger partial charge on any atom is 0.224 e. The van der Waals surface area contributed by atoms with Gasteiger partial charge in [-0.3, -0.25) is 9.59 Å². The number of amides is 2. The fraction of sp³-hybridized carbons (Fsp3) is 0.579. The highest BCUT2D eigenvalue weighted by Crippen LogP contribution is 2.31. The summed E-state index contributed by atoms with van der Waals surface area (Å²) < 4.78 is 0. The molecule has 0 spiro atoms. The first-order valence-corrected chi connectivity index (χ1v) is 8.96. The Bertz CT molecular complexity index is 629. The summed E-state index contributed by atoms with van der Waals surface area (Å²) in [4.78, 5) is 25.7. The van der Waals surface area contributed by atoms with E-state index in [1.54, 1.807) is 11.8 Å². The summed E-state index contributed by atoms with van der Waals surface area (Å²) in [6, 6.07) is 5.84. The van der Waals surface area contributed by atoms with Gasteiger partial charge in [-0.25, -0.2) is 0 Å². The van der Waals surface area contributed by atoms with Crippen molar-refractivity contribution in [2.24, 2.45) is 11.8 Å². The van der Waals surface area contributed by atoms with Gasteiger partial charge in [0.1, 0.15) is 0 Å². The molecule has 1 fully saturated rings. The summed E-state index contributed by atoms with van der Waals surface area (Å²) in [5, 5.41) is 6.40. The Kier molecular flexibility index (Phi) is 6.85. The lowest BCUT2D eigenvalue weighted by molar-refractivity contribution is -0.117. The molecule has 2 amide bonds. The van der Waals surface area contributed by atoms with E-state index in [1.165, 1.54) is 0 Å². The molecule has 0 bridgehead atoms. The van der Waals surface area contributed by atoms with E-state index < -0.39 is 0 Å². The molecule has 2 heterocycles. The molecule has 0 radical (unpaired) electrons. The number of benzene rings is 1. The first-order chi connectivity index (χ1) is 11.5. The molecule has 2 aliphatic heterocycles. The minimum Gasteiger partial charge on any atom is -0.326 e. The zero-order valence-electron chi connectivity index (χ0n) is 15.0. The number of piperidine rings is 1. The number of anilines is 2. The maximum absolute atomic E-state index is 12.3. The molecule has 1 unspecified atom stereocenters. The van der Waals surface area contributed by atoms with Crippen LogP contribution in [-0.2, 0) is 16.0 Å². The lowest BCUT2D eigenvalue weighted by Crippen LogP contribution is -2.32.